The molecule has 0 amide bonds. The number of aromatic nitrogens is 1. The van der Waals surface area contributed by atoms with E-state index in [1.54, 1.807) is 12.1 Å². The van der Waals surface area contributed by atoms with Crippen LogP contribution in [-0.2, 0) is 23.2 Å². The minimum Gasteiger partial charge on any atom is -0.508 e. The van der Waals surface area contributed by atoms with Gasteiger partial charge in [-0.05, 0) is 41.8 Å². The van der Waals surface area contributed by atoms with Gasteiger partial charge < -0.3 is 14.4 Å². The fourth-order valence-corrected chi connectivity index (χ4v) is 2.90. The zero-order valence-electron chi connectivity index (χ0n) is 13.5. The molecule has 3 aromatic rings. The predicted molar refractivity (Wildman–Crippen MR) is 90.2 cm³/mol. The van der Waals surface area contributed by atoms with E-state index in [1.165, 1.54) is 6.92 Å². The molecule has 0 bridgehead atoms. The number of hydrogen-bond acceptors (Lipinski definition) is 3. The third kappa shape index (κ3) is 2.93. The highest BCUT2D eigenvalue weighted by molar-refractivity contribution is 5.89. The average Bonchev–Trinajstić information content (AvgIpc) is 2.81. The number of aromatic hydroxyl groups is 1. The van der Waals surface area contributed by atoms with Crippen LogP contribution in [-0.4, -0.2) is 15.6 Å². The molecule has 0 aliphatic carbocycles. The molecule has 1 heterocycles. The highest BCUT2D eigenvalue weighted by Gasteiger charge is 2.10. The molecule has 0 aliphatic heterocycles. The molecule has 4 nitrogen and oxygen atoms in total. The van der Waals surface area contributed by atoms with E-state index in [0.717, 1.165) is 33.2 Å². The third-order valence-corrected chi connectivity index (χ3v) is 4.03. The van der Waals surface area contributed by atoms with Crippen LogP contribution in [0.25, 0.3) is 22.0 Å². The van der Waals surface area contributed by atoms with Crippen LogP contribution in [0.5, 0.6) is 5.75 Å². The summed E-state index contributed by atoms with van der Waals surface area (Å²) in [7, 11) is 1.98. The first-order chi connectivity index (χ1) is 11.0. The van der Waals surface area contributed by atoms with Crippen LogP contribution in [0.3, 0.4) is 0 Å². The standard InChI is InChI=1S/C19H19NO3/c1-12-8-16(22)5-7-17(12)14-4-6-18-15(11-23-13(2)21)10-20(3)19(18)9-14/h4-10,22H,11H2,1-3H3. The highest BCUT2D eigenvalue weighted by Crippen LogP contribution is 2.31. The lowest BCUT2D eigenvalue weighted by molar-refractivity contribution is -0.142. The molecule has 1 N–H and O–H groups in total. The molecule has 0 radical (unpaired) electrons. The van der Waals surface area contributed by atoms with Crippen molar-refractivity contribution in [2.24, 2.45) is 7.05 Å². The number of rotatable bonds is 3. The molecular formula is C19H19NO3. The largest absolute Gasteiger partial charge is 0.508 e. The van der Waals surface area contributed by atoms with Gasteiger partial charge in [0.25, 0.3) is 0 Å². The van der Waals surface area contributed by atoms with E-state index < -0.39 is 0 Å². The van der Waals surface area contributed by atoms with Crippen molar-refractivity contribution >= 4 is 16.9 Å². The molecule has 4 heteroatoms. The Balaban J connectivity index is 2.05. The van der Waals surface area contributed by atoms with Crippen LogP contribution < -0.4 is 0 Å². The zero-order valence-corrected chi connectivity index (χ0v) is 13.5. The Kier molecular flexibility index (Phi) is 3.82. The molecule has 0 atom stereocenters. The number of nitrogens with zero attached hydrogens (tertiary/aromatic N) is 1. The molecule has 0 fully saturated rings. The zero-order chi connectivity index (χ0) is 16.6. The molecule has 2 aromatic carbocycles. The Morgan fingerprint density at radius 2 is 2.00 bits per heavy atom. The summed E-state index contributed by atoms with van der Waals surface area (Å²) in [5, 5.41) is 10.6. The smallest absolute Gasteiger partial charge is 0.302 e. The molecule has 0 spiro atoms. The lowest BCUT2D eigenvalue weighted by atomic mass is 9.99. The van der Waals surface area contributed by atoms with Gasteiger partial charge >= 0.3 is 5.97 Å². The van der Waals surface area contributed by atoms with Crippen molar-refractivity contribution in [1.82, 2.24) is 4.57 Å². The first kappa shape index (κ1) is 15.2. The number of aryl methyl sites for hydroxylation is 2. The normalized spacial score (nSPS) is 10.9. The number of fused-ring (bicyclic) bond motifs is 1. The summed E-state index contributed by atoms with van der Waals surface area (Å²) in [5.74, 6) is -0.00629. The van der Waals surface area contributed by atoms with Gasteiger partial charge in [-0.25, -0.2) is 0 Å². The monoisotopic (exact) mass is 309 g/mol. The third-order valence-electron chi connectivity index (χ3n) is 4.03. The number of benzene rings is 2. The molecule has 23 heavy (non-hydrogen) atoms. The average molecular weight is 309 g/mol. The second-order valence-electron chi connectivity index (χ2n) is 5.78. The minimum absolute atomic E-state index is 0.273. The topological polar surface area (TPSA) is 51.5 Å². The fraction of sp³-hybridized carbons (Fsp3) is 0.211. The highest BCUT2D eigenvalue weighted by atomic mass is 16.5. The van der Waals surface area contributed by atoms with Crippen molar-refractivity contribution in [3.8, 4) is 16.9 Å². The van der Waals surface area contributed by atoms with Gasteiger partial charge in [0.15, 0.2) is 0 Å². The summed E-state index contributed by atoms with van der Waals surface area (Å²) in [5.41, 5.74) is 5.28. The number of carbonyl (C=O) groups excluding carboxylic acids is 1. The van der Waals surface area contributed by atoms with Crippen LogP contribution in [0, 0.1) is 6.92 Å². The molecule has 3 rings (SSSR count). The van der Waals surface area contributed by atoms with E-state index in [9.17, 15) is 9.90 Å². The summed E-state index contributed by atoms with van der Waals surface area (Å²) >= 11 is 0. The van der Waals surface area contributed by atoms with E-state index in [2.05, 4.69) is 18.2 Å². The van der Waals surface area contributed by atoms with Crippen LogP contribution >= 0.6 is 0 Å². The van der Waals surface area contributed by atoms with Gasteiger partial charge in [0.05, 0.1) is 0 Å². The van der Waals surface area contributed by atoms with Crippen molar-refractivity contribution in [2.75, 3.05) is 0 Å². The summed E-state index contributed by atoms with van der Waals surface area (Å²) in [6.07, 6.45) is 1.99. The number of carbonyl (C=O) groups is 1. The van der Waals surface area contributed by atoms with Crippen molar-refractivity contribution in [3.05, 3.63) is 53.7 Å². The summed E-state index contributed by atoms with van der Waals surface area (Å²) in [6.45, 7) is 3.68. The van der Waals surface area contributed by atoms with Crippen LogP contribution in [0.1, 0.15) is 18.1 Å². The van der Waals surface area contributed by atoms with Gasteiger partial charge in [-0.1, -0.05) is 18.2 Å². The van der Waals surface area contributed by atoms with E-state index in [1.807, 2.05) is 30.8 Å². The lowest BCUT2D eigenvalue weighted by Crippen LogP contribution is -1.98. The molecule has 0 saturated heterocycles. The Morgan fingerprint density at radius 3 is 2.70 bits per heavy atom. The van der Waals surface area contributed by atoms with Gasteiger partial charge in [0.2, 0.25) is 0 Å². The minimum atomic E-state index is -0.279. The fourth-order valence-electron chi connectivity index (χ4n) is 2.90. The SMILES string of the molecule is CC(=O)OCc1cn(C)c2cc(-c3ccc(O)cc3C)ccc12. The van der Waals surface area contributed by atoms with Crippen LogP contribution in [0.4, 0.5) is 0 Å². The first-order valence-electron chi connectivity index (χ1n) is 7.47. The second-order valence-corrected chi connectivity index (χ2v) is 5.78. The van der Waals surface area contributed by atoms with Crippen molar-refractivity contribution < 1.29 is 14.6 Å². The van der Waals surface area contributed by atoms with Gasteiger partial charge in [0.1, 0.15) is 12.4 Å². The first-order valence-corrected chi connectivity index (χ1v) is 7.47. The predicted octanol–water partition coefficient (Wildman–Crippen LogP) is 3.92. The molecule has 1 aromatic heterocycles. The Hall–Kier alpha value is -2.75. The maximum absolute atomic E-state index is 11.0. The lowest BCUT2D eigenvalue weighted by Gasteiger charge is -2.08. The van der Waals surface area contributed by atoms with Crippen molar-refractivity contribution in [2.45, 2.75) is 20.5 Å². The van der Waals surface area contributed by atoms with E-state index in [-0.39, 0.29) is 18.3 Å². The van der Waals surface area contributed by atoms with Gasteiger partial charge in [-0.2, -0.15) is 0 Å². The van der Waals surface area contributed by atoms with Crippen molar-refractivity contribution in [3.63, 3.8) is 0 Å². The van der Waals surface area contributed by atoms with Crippen LogP contribution in [0.15, 0.2) is 42.6 Å². The molecule has 0 aliphatic rings. The molecular weight excluding hydrogens is 290 g/mol. The number of esters is 1. The van der Waals surface area contributed by atoms with Gasteiger partial charge in [0, 0.05) is 36.6 Å². The Bertz CT molecular complexity index is 893. The van der Waals surface area contributed by atoms with E-state index in [4.69, 9.17) is 4.74 Å². The molecule has 118 valence electrons. The maximum Gasteiger partial charge on any atom is 0.302 e. The maximum atomic E-state index is 11.0. The van der Waals surface area contributed by atoms with Crippen molar-refractivity contribution in [1.29, 1.82) is 0 Å². The Labute approximate surface area is 134 Å². The van der Waals surface area contributed by atoms with Gasteiger partial charge in [-0.3, -0.25) is 4.79 Å². The quantitative estimate of drug-likeness (QED) is 0.746. The number of phenolic OH excluding ortho intramolecular Hbond substituents is 1. The number of ether oxygens (including phenoxy) is 1. The second kappa shape index (κ2) is 5.80. The summed E-state index contributed by atoms with van der Waals surface area (Å²) in [6, 6.07) is 11.6. The van der Waals surface area contributed by atoms with E-state index >= 15 is 0 Å². The Morgan fingerprint density at radius 1 is 1.22 bits per heavy atom. The van der Waals surface area contributed by atoms with Crippen LogP contribution in [0.2, 0.25) is 0 Å². The summed E-state index contributed by atoms with van der Waals surface area (Å²) in [4.78, 5) is 11.0. The molecule has 0 saturated carbocycles. The number of phenols is 1. The molecule has 0 unspecified atom stereocenters. The number of hydrogen-bond donors (Lipinski definition) is 1. The van der Waals surface area contributed by atoms with E-state index in [0.29, 0.717) is 0 Å². The summed E-state index contributed by atoms with van der Waals surface area (Å²) < 4.78 is 7.15. The van der Waals surface area contributed by atoms with Gasteiger partial charge in [-0.15, -0.1) is 0 Å².